The Kier molecular flexibility index (Phi) is 8.55. The Morgan fingerprint density at radius 1 is 1.35 bits per heavy atom. The number of nitrogen functional groups attached to an aromatic ring is 1. The van der Waals surface area contributed by atoms with Gasteiger partial charge in [-0.2, -0.15) is 0 Å². The van der Waals surface area contributed by atoms with Crippen LogP contribution in [0.4, 0.5) is 5.13 Å². The van der Waals surface area contributed by atoms with Crippen molar-refractivity contribution in [2.45, 2.75) is 23.1 Å². The maximum Gasteiger partial charge on any atom is 0.352 e. The molecule has 1 fully saturated rings. The second-order valence-electron chi connectivity index (χ2n) is 7.95. The third-order valence-electron chi connectivity index (χ3n) is 5.55. The number of nitrogens with one attached hydrogen (secondary N) is 1. The Balaban J connectivity index is 1.53. The first-order valence-electron chi connectivity index (χ1n) is 11.1. The fraction of sp³-hybridized carbons (Fsp3) is 0.286. The number of carboxylic acid groups (broad SMARTS) is 1. The Morgan fingerprint density at radius 2 is 2.10 bits per heavy atom. The summed E-state index contributed by atoms with van der Waals surface area (Å²) in [4.78, 5) is 82.6. The molecule has 2 aliphatic heterocycles. The van der Waals surface area contributed by atoms with E-state index in [1.54, 1.807) is 0 Å². The van der Waals surface area contributed by atoms with Gasteiger partial charge in [0.15, 0.2) is 16.0 Å². The van der Waals surface area contributed by atoms with E-state index in [1.165, 1.54) is 42.8 Å². The van der Waals surface area contributed by atoms with Crippen molar-refractivity contribution in [1.82, 2.24) is 29.5 Å². The van der Waals surface area contributed by atoms with Gasteiger partial charge in [0, 0.05) is 18.2 Å². The second kappa shape index (κ2) is 11.9. The predicted octanol–water partition coefficient (Wildman–Crippen LogP) is -1.43. The number of allylic oxidation sites excluding steroid dienone is 1. The molecule has 2 amide bonds. The van der Waals surface area contributed by atoms with Gasteiger partial charge in [-0.3, -0.25) is 28.6 Å². The zero-order valence-corrected chi connectivity index (χ0v) is 23.1. The fourth-order valence-electron chi connectivity index (χ4n) is 3.70. The fourth-order valence-corrected chi connectivity index (χ4v) is 6.31. The van der Waals surface area contributed by atoms with E-state index in [2.05, 4.69) is 20.6 Å². The monoisotopic (exact) mass is 608 g/mol. The molecule has 0 aromatic carbocycles. The molecule has 4 N–H and O–H groups in total. The summed E-state index contributed by atoms with van der Waals surface area (Å²) >= 11 is 3.24. The van der Waals surface area contributed by atoms with Crippen LogP contribution in [-0.2, 0) is 37.6 Å². The number of aromatic nitrogens is 4. The predicted molar refractivity (Wildman–Crippen MR) is 145 cm³/mol. The van der Waals surface area contributed by atoms with Gasteiger partial charge in [0.2, 0.25) is 0 Å². The number of thioether (sulfide) groups is 2. The molecular formula is C21H20N8O8S3. The number of aliphatic carboxylic acids is 1. The molecule has 2 unspecified atom stereocenters. The molecule has 0 radical (unpaired) electrons. The van der Waals surface area contributed by atoms with Crippen LogP contribution in [0.5, 0.6) is 0 Å². The molecule has 0 saturated carbocycles. The number of amides is 2. The lowest BCUT2D eigenvalue weighted by atomic mass is 10.0. The number of hydrogen-bond acceptors (Lipinski definition) is 14. The number of anilines is 1. The molecule has 2 aliphatic rings. The van der Waals surface area contributed by atoms with Gasteiger partial charge in [-0.05, 0) is 17.1 Å². The molecule has 40 heavy (non-hydrogen) atoms. The number of oxime groups is 1. The van der Waals surface area contributed by atoms with Gasteiger partial charge in [0.1, 0.15) is 42.7 Å². The maximum atomic E-state index is 13.0. The Morgan fingerprint density at radius 3 is 2.73 bits per heavy atom. The lowest BCUT2D eigenvalue weighted by Gasteiger charge is -2.49. The minimum Gasteiger partial charge on any atom is -0.477 e. The van der Waals surface area contributed by atoms with Crippen LogP contribution in [0.3, 0.4) is 0 Å². The van der Waals surface area contributed by atoms with Crippen LogP contribution in [0.25, 0.3) is 0 Å². The number of β-lactam (4-membered cyclic amide) rings is 1. The molecule has 4 heterocycles. The van der Waals surface area contributed by atoms with Crippen molar-refractivity contribution in [2.75, 3.05) is 18.6 Å². The van der Waals surface area contributed by atoms with Gasteiger partial charge >= 0.3 is 17.1 Å². The van der Waals surface area contributed by atoms with Crippen LogP contribution in [-0.4, -0.2) is 83.4 Å². The first-order chi connectivity index (χ1) is 19.1. The Hall–Kier alpha value is -4.23. The summed E-state index contributed by atoms with van der Waals surface area (Å²) < 4.78 is 1.73. The van der Waals surface area contributed by atoms with E-state index in [1.807, 2.05) is 0 Å². The Bertz CT molecular complexity index is 1610. The first kappa shape index (κ1) is 28.8. The summed E-state index contributed by atoms with van der Waals surface area (Å²) in [5, 5.41) is 22.6. The number of aldehydes is 1. The van der Waals surface area contributed by atoms with Crippen LogP contribution in [0.15, 0.2) is 48.0 Å². The zero-order valence-electron chi connectivity index (χ0n) is 20.7. The Labute approximate surface area is 236 Å². The van der Waals surface area contributed by atoms with E-state index < -0.39 is 46.9 Å². The average molecular weight is 609 g/mol. The minimum absolute atomic E-state index is 0.0831. The molecule has 1 saturated heterocycles. The van der Waals surface area contributed by atoms with E-state index in [9.17, 15) is 33.9 Å². The number of hydrogen-bond donors (Lipinski definition) is 3. The van der Waals surface area contributed by atoms with Crippen LogP contribution in [0, 0.1) is 0 Å². The van der Waals surface area contributed by atoms with Crippen molar-refractivity contribution in [3.63, 3.8) is 0 Å². The highest BCUT2D eigenvalue weighted by molar-refractivity contribution is 8.02. The molecule has 19 heteroatoms. The highest BCUT2D eigenvalue weighted by atomic mass is 32.2. The van der Waals surface area contributed by atoms with Gasteiger partial charge < -0.3 is 25.8 Å². The van der Waals surface area contributed by atoms with E-state index in [0.717, 1.165) is 37.2 Å². The van der Waals surface area contributed by atoms with Gasteiger partial charge in [-0.1, -0.05) is 16.9 Å². The number of nitrogens with two attached hydrogens (primary N) is 1. The summed E-state index contributed by atoms with van der Waals surface area (Å²) in [7, 11) is 2.57. The number of carbonyl (C=O) groups excluding carboxylic acids is 3. The molecular weight excluding hydrogens is 588 g/mol. The average Bonchev–Trinajstić information content (AvgIpc) is 3.36. The van der Waals surface area contributed by atoms with Gasteiger partial charge in [-0.15, -0.1) is 28.2 Å². The number of nitrogens with zero attached hydrogens (tertiary/aromatic N) is 6. The van der Waals surface area contributed by atoms with E-state index >= 15 is 0 Å². The molecule has 2 atom stereocenters. The molecule has 4 rings (SSSR count). The van der Waals surface area contributed by atoms with Crippen LogP contribution in [0.1, 0.15) is 5.69 Å². The molecule has 0 aliphatic carbocycles. The third-order valence-corrected chi connectivity index (χ3v) is 8.37. The van der Waals surface area contributed by atoms with Gasteiger partial charge in [0.05, 0.1) is 0 Å². The highest BCUT2D eigenvalue weighted by Crippen LogP contribution is 2.41. The van der Waals surface area contributed by atoms with Crippen molar-refractivity contribution in [3.8, 4) is 0 Å². The quantitative estimate of drug-likeness (QED) is 0.0704. The van der Waals surface area contributed by atoms with E-state index in [4.69, 9.17) is 10.6 Å². The SMILES string of the molecule is CON=C(C(=O)NC1C(=O)N2C(C(=O)O)=C(C=CSc3nn(CC=O)c(=O)c(=O)n3C)CSC12)c1csc(N)n1. The standard InChI is InChI=1S/C21H20N8O8S3/c1-27-16(33)17(34)28(4-5-30)25-21(27)38-6-3-9-7-39-18-12(15(32)29(18)13(9)19(35)36)24-14(31)11(26-37-2)10-8-40-20(22)23-10/h3,5-6,8,12,18H,4,7H2,1-2H3,(H2,22,23)(H,24,31)(H,35,36). The van der Waals surface area contributed by atoms with Crippen molar-refractivity contribution in [2.24, 2.45) is 12.2 Å². The van der Waals surface area contributed by atoms with Crippen molar-refractivity contribution < 1.29 is 29.1 Å². The molecule has 0 spiro atoms. The van der Waals surface area contributed by atoms with Gasteiger partial charge in [-0.25, -0.2) is 14.5 Å². The number of thiazole rings is 1. The summed E-state index contributed by atoms with van der Waals surface area (Å²) in [6.45, 7) is -0.399. The first-order valence-corrected chi connectivity index (χ1v) is 13.9. The number of fused-ring (bicyclic) bond motifs is 1. The van der Waals surface area contributed by atoms with E-state index in [-0.39, 0.29) is 33.1 Å². The zero-order chi connectivity index (χ0) is 29.1. The summed E-state index contributed by atoms with van der Waals surface area (Å²) in [5.74, 6) is -2.56. The van der Waals surface area contributed by atoms with Crippen LogP contribution < -0.4 is 22.2 Å². The number of carboxylic acids is 1. The molecule has 210 valence electrons. The summed E-state index contributed by atoms with van der Waals surface area (Å²) in [6.07, 6.45) is 1.88. The largest absolute Gasteiger partial charge is 0.477 e. The van der Waals surface area contributed by atoms with Crippen molar-refractivity contribution in [3.05, 3.63) is 54.5 Å². The van der Waals surface area contributed by atoms with E-state index in [0.29, 0.717) is 11.9 Å². The second-order valence-corrected chi connectivity index (χ2v) is 10.8. The summed E-state index contributed by atoms with van der Waals surface area (Å²) in [6, 6.07) is -1.03. The third kappa shape index (κ3) is 5.42. The number of carbonyl (C=O) groups is 4. The van der Waals surface area contributed by atoms with Crippen LogP contribution in [0.2, 0.25) is 0 Å². The topological polar surface area (TPSA) is 221 Å². The van der Waals surface area contributed by atoms with Crippen molar-refractivity contribution in [1.29, 1.82) is 0 Å². The lowest BCUT2D eigenvalue weighted by molar-refractivity contribution is -0.150. The molecule has 0 bridgehead atoms. The lowest BCUT2D eigenvalue weighted by Crippen LogP contribution is -2.71. The normalized spacial score (nSPS) is 18.9. The smallest absolute Gasteiger partial charge is 0.352 e. The maximum absolute atomic E-state index is 13.0. The minimum atomic E-state index is -1.35. The molecule has 2 aromatic heterocycles. The summed E-state index contributed by atoms with van der Waals surface area (Å²) in [5.41, 5.74) is 3.79. The molecule has 2 aromatic rings. The van der Waals surface area contributed by atoms with Gasteiger partial charge in [0.25, 0.3) is 11.8 Å². The van der Waals surface area contributed by atoms with Crippen molar-refractivity contribution >= 4 is 69.8 Å². The molecule has 16 nitrogen and oxygen atoms in total. The highest BCUT2D eigenvalue weighted by Gasteiger charge is 2.54. The van der Waals surface area contributed by atoms with Crippen LogP contribution >= 0.6 is 34.9 Å². The number of rotatable bonds is 10.